The number of ether oxygens (including phenoxy) is 3. The molecular formula is C44H46N12O4. The topological polar surface area (TPSA) is 176 Å². The molecule has 16 heteroatoms. The first-order chi connectivity index (χ1) is 29.4. The highest BCUT2D eigenvalue weighted by Crippen LogP contribution is 2.27. The number of amides is 1. The summed E-state index contributed by atoms with van der Waals surface area (Å²) in [5.41, 5.74) is 17.4. The van der Waals surface area contributed by atoms with E-state index in [9.17, 15) is 4.79 Å². The van der Waals surface area contributed by atoms with Crippen molar-refractivity contribution in [3.8, 4) is 33.9 Å². The van der Waals surface area contributed by atoms with E-state index in [4.69, 9.17) is 19.9 Å². The van der Waals surface area contributed by atoms with Gasteiger partial charge in [0.05, 0.1) is 74.0 Å². The number of aryl methyl sites for hydroxylation is 2. The Hall–Kier alpha value is -7.17. The van der Waals surface area contributed by atoms with Crippen LogP contribution in [0.4, 0.5) is 27.5 Å². The Bertz CT molecular complexity index is 2530. The molecule has 2 saturated heterocycles. The van der Waals surface area contributed by atoms with E-state index in [1.54, 1.807) is 15.6 Å². The number of nitrogens with zero attached hydrogens (tertiary/aromatic N) is 10. The van der Waals surface area contributed by atoms with Gasteiger partial charge < -0.3 is 29.7 Å². The molecule has 1 amide bonds. The number of nitrogen functional groups attached to an aromatic ring is 1. The summed E-state index contributed by atoms with van der Waals surface area (Å²) in [4.78, 5) is 25.6. The van der Waals surface area contributed by atoms with E-state index >= 15 is 0 Å². The van der Waals surface area contributed by atoms with Gasteiger partial charge in [-0.05, 0) is 66.9 Å². The van der Waals surface area contributed by atoms with Crippen molar-refractivity contribution in [2.45, 2.75) is 20.5 Å². The van der Waals surface area contributed by atoms with Crippen molar-refractivity contribution in [1.29, 1.82) is 0 Å². The number of hydrogen-bond acceptors (Lipinski definition) is 13. The van der Waals surface area contributed by atoms with Crippen LogP contribution in [-0.4, -0.2) is 98.7 Å². The highest BCUT2D eigenvalue weighted by molar-refractivity contribution is 5.85. The minimum Gasteiger partial charge on any atom is -0.444 e. The summed E-state index contributed by atoms with van der Waals surface area (Å²) < 4.78 is 19.6. The first-order valence-electron chi connectivity index (χ1n) is 19.7. The van der Waals surface area contributed by atoms with Gasteiger partial charge in [-0.2, -0.15) is 0 Å². The van der Waals surface area contributed by atoms with E-state index in [-0.39, 0.29) is 6.61 Å². The third-order valence-corrected chi connectivity index (χ3v) is 10.2. The van der Waals surface area contributed by atoms with E-state index in [1.165, 1.54) is 0 Å². The lowest BCUT2D eigenvalue weighted by molar-refractivity contribution is 0.122. The molecule has 6 heterocycles. The van der Waals surface area contributed by atoms with E-state index in [0.29, 0.717) is 30.3 Å². The Morgan fingerprint density at radius 1 is 0.683 bits per heavy atom. The maximum atomic E-state index is 12.3. The van der Waals surface area contributed by atoms with Crippen molar-refractivity contribution in [2.75, 3.05) is 73.5 Å². The molecule has 0 bridgehead atoms. The molecule has 16 nitrogen and oxygen atoms in total. The molecule has 3 aromatic carbocycles. The lowest BCUT2D eigenvalue weighted by atomic mass is 10.1. The van der Waals surface area contributed by atoms with Crippen LogP contribution in [0.1, 0.15) is 16.7 Å². The van der Waals surface area contributed by atoms with Crippen molar-refractivity contribution in [3.63, 3.8) is 0 Å². The van der Waals surface area contributed by atoms with Gasteiger partial charge in [-0.1, -0.05) is 52.9 Å². The fourth-order valence-electron chi connectivity index (χ4n) is 6.84. The fourth-order valence-corrected chi connectivity index (χ4v) is 6.84. The molecule has 3 N–H and O–H groups in total. The van der Waals surface area contributed by atoms with Crippen molar-refractivity contribution >= 4 is 28.8 Å². The first-order valence-corrected chi connectivity index (χ1v) is 19.7. The van der Waals surface area contributed by atoms with Gasteiger partial charge >= 0.3 is 6.09 Å². The van der Waals surface area contributed by atoms with E-state index < -0.39 is 6.09 Å². The Kier molecular flexibility index (Phi) is 12.3. The van der Waals surface area contributed by atoms with Crippen LogP contribution in [0, 0.1) is 13.8 Å². The highest BCUT2D eigenvalue weighted by atomic mass is 16.5. The summed E-state index contributed by atoms with van der Waals surface area (Å²) in [7, 11) is 0. The van der Waals surface area contributed by atoms with Gasteiger partial charge in [0.25, 0.3) is 0 Å². The smallest absolute Gasteiger partial charge is 0.411 e. The van der Waals surface area contributed by atoms with E-state index in [0.717, 1.165) is 95.7 Å². The second kappa shape index (κ2) is 18.6. The quantitative estimate of drug-likeness (QED) is 0.156. The second-order valence-corrected chi connectivity index (χ2v) is 14.4. The van der Waals surface area contributed by atoms with Gasteiger partial charge in [-0.25, -0.2) is 14.2 Å². The number of pyridine rings is 2. The molecule has 0 radical (unpaired) electrons. The number of rotatable bonds is 9. The molecule has 306 valence electrons. The van der Waals surface area contributed by atoms with Gasteiger partial charge in [-0.3, -0.25) is 15.3 Å². The summed E-state index contributed by atoms with van der Waals surface area (Å²) in [5, 5.41) is 20.0. The zero-order chi connectivity index (χ0) is 41.3. The number of aromatic nitrogens is 8. The maximum absolute atomic E-state index is 12.3. The van der Waals surface area contributed by atoms with Crippen LogP contribution in [0.3, 0.4) is 0 Å². The number of anilines is 4. The summed E-state index contributed by atoms with van der Waals surface area (Å²) >= 11 is 0. The predicted octanol–water partition coefficient (Wildman–Crippen LogP) is 6.28. The number of nitrogens with two attached hydrogens (primary N) is 1. The van der Waals surface area contributed by atoms with Gasteiger partial charge in [0, 0.05) is 61.1 Å². The predicted molar refractivity (Wildman–Crippen MR) is 229 cm³/mol. The molecule has 0 saturated carbocycles. The maximum Gasteiger partial charge on any atom is 0.411 e. The summed E-state index contributed by atoms with van der Waals surface area (Å²) in [6, 6.07) is 25.1. The molecule has 0 unspecified atom stereocenters. The molecule has 2 aliphatic heterocycles. The van der Waals surface area contributed by atoms with Crippen LogP contribution < -0.4 is 20.9 Å². The Morgan fingerprint density at radius 2 is 1.22 bits per heavy atom. The number of benzene rings is 3. The van der Waals surface area contributed by atoms with Gasteiger partial charge in [0.1, 0.15) is 18.0 Å². The minimum absolute atomic E-state index is 0.204. The Morgan fingerprint density at radius 3 is 1.78 bits per heavy atom. The number of carbonyl (C=O) groups excluding carboxylic acids is 1. The molecule has 0 atom stereocenters. The molecule has 2 fully saturated rings. The molecule has 2 aliphatic rings. The van der Waals surface area contributed by atoms with Crippen molar-refractivity contribution < 1.29 is 19.0 Å². The van der Waals surface area contributed by atoms with Crippen LogP contribution >= 0.6 is 0 Å². The SMILES string of the molecule is Cc1ccc(N)cc1-n1cc(-c2cncc(N3CCOCC3)c2)nn1.Cc1ccc(NC(=O)OCc2ccccc2)cc1-n1cc(-c2cncc(N3CCOCC3)c2)nn1. The number of nitrogens with one attached hydrogen (secondary N) is 1. The molecule has 0 aliphatic carbocycles. The van der Waals surface area contributed by atoms with E-state index in [2.05, 4.69) is 57.8 Å². The second-order valence-electron chi connectivity index (χ2n) is 14.4. The van der Waals surface area contributed by atoms with Crippen LogP contribution in [0.15, 0.2) is 116 Å². The van der Waals surface area contributed by atoms with Crippen LogP contribution in [0.5, 0.6) is 0 Å². The van der Waals surface area contributed by atoms with Gasteiger partial charge in [0.2, 0.25) is 0 Å². The Labute approximate surface area is 347 Å². The molecule has 0 spiro atoms. The lowest BCUT2D eigenvalue weighted by Gasteiger charge is -2.28. The molecule has 9 rings (SSSR count). The zero-order valence-electron chi connectivity index (χ0n) is 33.5. The highest BCUT2D eigenvalue weighted by Gasteiger charge is 2.16. The van der Waals surface area contributed by atoms with Crippen molar-refractivity contribution in [3.05, 3.63) is 133 Å². The minimum atomic E-state index is -0.520. The lowest BCUT2D eigenvalue weighted by Crippen LogP contribution is -2.36. The van der Waals surface area contributed by atoms with Gasteiger partial charge in [0.15, 0.2) is 0 Å². The monoisotopic (exact) mass is 806 g/mol. The third-order valence-electron chi connectivity index (χ3n) is 10.2. The number of hydrogen-bond donors (Lipinski definition) is 2. The normalized spacial score (nSPS) is 14.0. The zero-order valence-corrected chi connectivity index (χ0v) is 33.5. The average molecular weight is 807 g/mol. The van der Waals surface area contributed by atoms with Crippen molar-refractivity contribution in [1.82, 2.24) is 40.0 Å². The number of carbonyl (C=O) groups is 1. The van der Waals surface area contributed by atoms with Crippen LogP contribution in [0.25, 0.3) is 33.9 Å². The van der Waals surface area contributed by atoms with Gasteiger partial charge in [-0.15, -0.1) is 10.2 Å². The summed E-state index contributed by atoms with van der Waals surface area (Å²) in [5.74, 6) is 0. The molecule has 60 heavy (non-hydrogen) atoms. The number of morpholine rings is 2. The Balaban J connectivity index is 0.000000176. The average Bonchev–Trinajstić information content (AvgIpc) is 4.00. The summed E-state index contributed by atoms with van der Waals surface area (Å²) in [6.45, 7) is 10.6. The molecule has 4 aromatic heterocycles. The van der Waals surface area contributed by atoms with Crippen molar-refractivity contribution in [2.24, 2.45) is 0 Å². The molecular weight excluding hydrogens is 761 g/mol. The van der Waals surface area contributed by atoms with Crippen LogP contribution in [-0.2, 0) is 20.8 Å². The summed E-state index contributed by atoms with van der Waals surface area (Å²) in [6.07, 6.45) is 10.6. The molecule has 7 aromatic rings. The van der Waals surface area contributed by atoms with Crippen LogP contribution in [0.2, 0.25) is 0 Å². The van der Waals surface area contributed by atoms with E-state index in [1.807, 2.05) is 112 Å². The first kappa shape index (κ1) is 39.6. The standard InChI is InChI=1S/C26H26N6O3.C18H20N6O/c1-19-7-8-22(28-26(33)35-18-20-5-3-2-4-6-20)14-25(19)32-17-24(29-30-32)21-13-23(16-27-15-21)31-9-11-34-12-10-31;1-13-2-3-15(19)9-18(13)24-12-17(21-22-24)14-8-16(11-20-10-14)23-4-6-25-7-5-23/h2-8,13-17H,9-12,18H2,1H3,(H,28,33);2-3,8-12H,4-7,19H2,1H3. The largest absolute Gasteiger partial charge is 0.444 e. The fraction of sp³-hybridized carbons (Fsp3) is 0.250. The third kappa shape index (κ3) is 9.74.